The number of carbonyl (C=O) groups is 1. The number of likely N-dealkylation sites (tertiary alicyclic amines) is 1. The van der Waals surface area contributed by atoms with Crippen molar-refractivity contribution in [3.63, 3.8) is 0 Å². The predicted octanol–water partition coefficient (Wildman–Crippen LogP) is 3.41. The van der Waals surface area contributed by atoms with Gasteiger partial charge in [0.2, 0.25) is 5.95 Å². The molecule has 148 valence electrons. The molecule has 8 heteroatoms. The lowest BCUT2D eigenvalue weighted by Gasteiger charge is -2.31. The largest absolute Gasteiger partial charge is 0.450 e. The summed E-state index contributed by atoms with van der Waals surface area (Å²) >= 11 is 0. The number of nitrogens with one attached hydrogen (secondary N) is 1. The molecule has 0 saturated carbocycles. The summed E-state index contributed by atoms with van der Waals surface area (Å²) in [6.07, 6.45) is 3.23. The quantitative estimate of drug-likeness (QED) is 0.727. The van der Waals surface area contributed by atoms with Crippen molar-refractivity contribution in [2.75, 3.05) is 25.0 Å². The summed E-state index contributed by atoms with van der Waals surface area (Å²) in [5.74, 6) is 2.26. The zero-order valence-corrected chi connectivity index (χ0v) is 16.2. The number of rotatable bonds is 5. The lowest BCUT2D eigenvalue weighted by atomic mass is 10.1. The molecule has 1 N–H and O–H groups in total. The summed E-state index contributed by atoms with van der Waals surface area (Å²) in [5, 5.41) is 3.57. The van der Waals surface area contributed by atoms with Crippen LogP contribution < -0.4 is 5.32 Å². The molecule has 3 aromatic rings. The van der Waals surface area contributed by atoms with E-state index >= 15 is 0 Å². The maximum atomic E-state index is 11.9. The van der Waals surface area contributed by atoms with Crippen LogP contribution in [0.1, 0.15) is 31.4 Å². The molecule has 28 heavy (non-hydrogen) atoms. The van der Waals surface area contributed by atoms with Crippen LogP contribution in [0.2, 0.25) is 0 Å². The van der Waals surface area contributed by atoms with E-state index in [2.05, 4.69) is 20.9 Å². The number of benzene rings is 1. The van der Waals surface area contributed by atoms with Crippen molar-refractivity contribution in [1.29, 1.82) is 0 Å². The minimum Gasteiger partial charge on any atom is -0.450 e. The van der Waals surface area contributed by atoms with E-state index in [-0.39, 0.29) is 12.1 Å². The second-order valence-electron chi connectivity index (χ2n) is 6.96. The number of fused-ring (bicyclic) bond motifs is 1. The number of imidazole rings is 1. The fourth-order valence-corrected chi connectivity index (χ4v) is 3.58. The Kier molecular flexibility index (Phi) is 5.18. The number of hydrogen-bond donors (Lipinski definition) is 1. The molecule has 1 saturated heterocycles. The highest BCUT2D eigenvalue weighted by Gasteiger charge is 2.25. The van der Waals surface area contributed by atoms with Crippen LogP contribution in [-0.4, -0.2) is 51.3 Å². The van der Waals surface area contributed by atoms with Gasteiger partial charge in [0.25, 0.3) is 0 Å². The molecule has 1 fully saturated rings. The molecule has 0 bridgehead atoms. The highest BCUT2D eigenvalue weighted by molar-refractivity contribution is 5.78. The van der Waals surface area contributed by atoms with Gasteiger partial charge in [0.1, 0.15) is 5.76 Å². The van der Waals surface area contributed by atoms with Crippen molar-refractivity contribution >= 4 is 23.1 Å². The molecule has 1 aliphatic heterocycles. The van der Waals surface area contributed by atoms with Crippen molar-refractivity contribution < 1.29 is 13.9 Å². The summed E-state index contributed by atoms with van der Waals surface area (Å²) in [7, 11) is 0. The number of anilines is 1. The second kappa shape index (κ2) is 7.92. The average Bonchev–Trinajstić information content (AvgIpc) is 3.26. The lowest BCUT2D eigenvalue weighted by Crippen LogP contribution is -2.42. The Hall–Kier alpha value is -3.03. The van der Waals surface area contributed by atoms with Crippen molar-refractivity contribution in [2.45, 2.75) is 39.3 Å². The van der Waals surface area contributed by atoms with Gasteiger partial charge in [-0.05, 0) is 31.9 Å². The fraction of sp³-hybridized carbons (Fsp3) is 0.450. The number of aryl methyl sites for hydroxylation is 1. The Morgan fingerprint density at radius 3 is 2.82 bits per heavy atom. The van der Waals surface area contributed by atoms with Crippen molar-refractivity contribution in [3.8, 4) is 0 Å². The van der Waals surface area contributed by atoms with Gasteiger partial charge in [-0.1, -0.05) is 12.1 Å². The van der Waals surface area contributed by atoms with Gasteiger partial charge in [-0.2, -0.15) is 0 Å². The molecule has 0 unspecified atom stereocenters. The first-order valence-electron chi connectivity index (χ1n) is 9.69. The Morgan fingerprint density at radius 1 is 1.32 bits per heavy atom. The van der Waals surface area contributed by atoms with Crippen LogP contribution in [0.4, 0.5) is 10.7 Å². The Bertz CT molecular complexity index is 956. The summed E-state index contributed by atoms with van der Waals surface area (Å²) < 4.78 is 12.9. The number of amides is 1. The second-order valence-corrected chi connectivity index (χ2v) is 6.96. The number of para-hydroxylation sites is 2. The number of piperidine rings is 1. The number of nitrogens with zero attached hydrogens (tertiary/aromatic N) is 4. The first kappa shape index (κ1) is 18.3. The molecule has 0 aliphatic carbocycles. The SMILES string of the molecule is CCOC(=O)N1CCC(Nc2nc3ccccc3n2Cc2cnc(C)o2)CC1. The number of aromatic nitrogens is 3. The highest BCUT2D eigenvalue weighted by atomic mass is 16.6. The van der Waals surface area contributed by atoms with Gasteiger partial charge in [-0.25, -0.2) is 14.8 Å². The number of carbonyl (C=O) groups excluding carboxylic acids is 1. The van der Waals surface area contributed by atoms with E-state index in [1.54, 1.807) is 11.1 Å². The van der Waals surface area contributed by atoms with Gasteiger partial charge in [-0.15, -0.1) is 0 Å². The third-order valence-corrected chi connectivity index (χ3v) is 4.99. The van der Waals surface area contributed by atoms with E-state index in [9.17, 15) is 4.79 Å². The predicted molar refractivity (Wildman–Crippen MR) is 105 cm³/mol. The molecular formula is C20H25N5O3. The van der Waals surface area contributed by atoms with E-state index in [4.69, 9.17) is 14.1 Å². The van der Waals surface area contributed by atoms with Crippen LogP contribution in [0.3, 0.4) is 0 Å². The topological polar surface area (TPSA) is 85.4 Å². The Labute approximate surface area is 163 Å². The van der Waals surface area contributed by atoms with E-state index in [0.29, 0.717) is 32.1 Å². The molecule has 0 spiro atoms. The van der Waals surface area contributed by atoms with Crippen molar-refractivity contribution in [3.05, 3.63) is 42.1 Å². The third kappa shape index (κ3) is 3.81. The first-order valence-corrected chi connectivity index (χ1v) is 9.69. The Balaban J connectivity index is 1.51. The molecule has 0 radical (unpaired) electrons. The van der Waals surface area contributed by atoms with Gasteiger partial charge in [0.05, 0.1) is 30.4 Å². The minimum absolute atomic E-state index is 0.228. The van der Waals surface area contributed by atoms with Crippen LogP contribution in [0.25, 0.3) is 11.0 Å². The normalized spacial score (nSPS) is 15.1. The molecule has 8 nitrogen and oxygen atoms in total. The number of ether oxygens (including phenoxy) is 1. The number of oxazole rings is 1. The molecule has 2 aromatic heterocycles. The summed E-state index contributed by atoms with van der Waals surface area (Å²) in [5.41, 5.74) is 1.98. The molecule has 4 rings (SSSR count). The van der Waals surface area contributed by atoms with Gasteiger partial charge >= 0.3 is 6.09 Å². The van der Waals surface area contributed by atoms with Crippen LogP contribution >= 0.6 is 0 Å². The summed E-state index contributed by atoms with van der Waals surface area (Å²) in [4.78, 5) is 22.6. The lowest BCUT2D eigenvalue weighted by molar-refractivity contribution is 0.0983. The fourth-order valence-electron chi connectivity index (χ4n) is 3.58. The molecule has 3 heterocycles. The van der Waals surface area contributed by atoms with Crippen LogP contribution in [-0.2, 0) is 11.3 Å². The molecular weight excluding hydrogens is 358 g/mol. The molecule has 1 aromatic carbocycles. The van der Waals surface area contributed by atoms with Crippen LogP contribution in [0.15, 0.2) is 34.9 Å². The summed E-state index contributed by atoms with van der Waals surface area (Å²) in [6, 6.07) is 8.30. The standard InChI is InChI=1S/C20H25N5O3/c1-3-27-20(26)24-10-8-15(9-11-24)22-19-23-17-6-4-5-7-18(17)25(19)13-16-12-21-14(2)28-16/h4-7,12,15H,3,8-11,13H2,1-2H3,(H,22,23). The number of hydrogen-bond acceptors (Lipinski definition) is 6. The van der Waals surface area contributed by atoms with Gasteiger partial charge in [-0.3, -0.25) is 0 Å². The zero-order chi connectivity index (χ0) is 19.5. The van der Waals surface area contributed by atoms with Crippen molar-refractivity contribution in [1.82, 2.24) is 19.4 Å². The van der Waals surface area contributed by atoms with E-state index < -0.39 is 0 Å². The average molecular weight is 383 g/mol. The van der Waals surface area contributed by atoms with Crippen LogP contribution in [0.5, 0.6) is 0 Å². The zero-order valence-electron chi connectivity index (χ0n) is 16.2. The third-order valence-electron chi connectivity index (χ3n) is 4.99. The molecule has 1 amide bonds. The van der Waals surface area contributed by atoms with Gasteiger partial charge in [0, 0.05) is 26.1 Å². The van der Waals surface area contributed by atoms with Crippen LogP contribution in [0, 0.1) is 6.92 Å². The highest BCUT2D eigenvalue weighted by Crippen LogP contribution is 2.24. The van der Waals surface area contributed by atoms with E-state index in [1.165, 1.54) is 0 Å². The Morgan fingerprint density at radius 2 is 2.11 bits per heavy atom. The van der Waals surface area contributed by atoms with E-state index in [0.717, 1.165) is 35.6 Å². The van der Waals surface area contributed by atoms with E-state index in [1.807, 2.05) is 32.0 Å². The van der Waals surface area contributed by atoms with Gasteiger partial charge < -0.3 is 23.9 Å². The van der Waals surface area contributed by atoms with Crippen molar-refractivity contribution in [2.24, 2.45) is 0 Å². The minimum atomic E-state index is -0.228. The van der Waals surface area contributed by atoms with Gasteiger partial charge in [0.15, 0.2) is 5.89 Å². The molecule has 1 aliphatic rings. The maximum absolute atomic E-state index is 11.9. The first-order chi connectivity index (χ1) is 13.6. The monoisotopic (exact) mass is 383 g/mol. The summed E-state index contributed by atoms with van der Waals surface area (Å²) in [6.45, 7) is 5.99. The maximum Gasteiger partial charge on any atom is 0.409 e. The smallest absolute Gasteiger partial charge is 0.409 e. The molecule has 0 atom stereocenters.